The van der Waals surface area contributed by atoms with Crippen molar-refractivity contribution in [3.05, 3.63) is 92.6 Å². The quantitative estimate of drug-likeness (QED) is 0.352. The van der Waals surface area contributed by atoms with Crippen molar-refractivity contribution >= 4 is 11.6 Å². The minimum Gasteiger partial charge on any atom is -0.485 e. The van der Waals surface area contributed by atoms with Gasteiger partial charge >= 0.3 is 0 Å². The number of hydrogen-bond acceptors (Lipinski definition) is 7. The maximum atomic E-state index is 14.0. The van der Waals surface area contributed by atoms with Crippen LogP contribution in [-0.2, 0) is 12.2 Å². The van der Waals surface area contributed by atoms with E-state index in [1.54, 1.807) is 51.4 Å². The number of nitrogens with zero attached hydrogens (tertiary/aromatic N) is 5. The Balaban J connectivity index is 1.55. The van der Waals surface area contributed by atoms with Gasteiger partial charge in [0.1, 0.15) is 34.5 Å². The largest absolute Gasteiger partial charge is 0.485 e. The van der Waals surface area contributed by atoms with Gasteiger partial charge in [0, 0.05) is 30.2 Å². The van der Waals surface area contributed by atoms with Gasteiger partial charge < -0.3 is 9.84 Å². The molecule has 0 radical (unpaired) electrons. The summed E-state index contributed by atoms with van der Waals surface area (Å²) in [5, 5.41) is 10.1. The predicted molar refractivity (Wildman–Crippen MR) is 136 cm³/mol. The van der Waals surface area contributed by atoms with Crippen molar-refractivity contribution in [1.82, 2.24) is 24.5 Å². The van der Waals surface area contributed by atoms with Gasteiger partial charge in [-0.05, 0) is 57.2 Å². The SMILES string of the molecule is Cc1cc(OCc2ncc(F)cc2F)c(Cl)c(=O)n1-c1cc(-c2ccnc(C(C)(C)O)n2)ncc1C1CC1. The molecule has 4 aromatic rings. The number of pyridine rings is 3. The summed E-state index contributed by atoms with van der Waals surface area (Å²) in [6.07, 6.45) is 6.12. The van der Waals surface area contributed by atoms with Gasteiger partial charge in [-0.2, -0.15) is 0 Å². The van der Waals surface area contributed by atoms with E-state index in [1.165, 1.54) is 4.57 Å². The van der Waals surface area contributed by atoms with Gasteiger partial charge in [-0.1, -0.05) is 11.6 Å². The van der Waals surface area contributed by atoms with Crippen LogP contribution in [0.4, 0.5) is 8.78 Å². The fourth-order valence-corrected chi connectivity index (χ4v) is 4.27. The van der Waals surface area contributed by atoms with Crippen molar-refractivity contribution in [3.63, 3.8) is 0 Å². The average Bonchev–Trinajstić information content (AvgIpc) is 3.71. The Morgan fingerprint density at radius 1 is 1.13 bits per heavy atom. The second kappa shape index (κ2) is 9.85. The van der Waals surface area contributed by atoms with Crippen molar-refractivity contribution < 1.29 is 18.6 Å². The smallest absolute Gasteiger partial charge is 0.277 e. The fourth-order valence-electron chi connectivity index (χ4n) is 4.08. The molecule has 1 saturated carbocycles. The second-order valence-corrected chi connectivity index (χ2v) is 10.1. The second-order valence-electron chi connectivity index (χ2n) is 9.70. The highest BCUT2D eigenvalue weighted by Crippen LogP contribution is 2.43. The van der Waals surface area contributed by atoms with Crippen LogP contribution in [0.15, 0.2) is 47.7 Å². The van der Waals surface area contributed by atoms with Crippen LogP contribution in [0.5, 0.6) is 5.75 Å². The molecular weight excluding hydrogens is 516 g/mol. The van der Waals surface area contributed by atoms with Gasteiger partial charge in [0.15, 0.2) is 11.6 Å². The highest BCUT2D eigenvalue weighted by Gasteiger charge is 2.29. The van der Waals surface area contributed by atoms with Crippen molar-refractivity contribution in [3.8, 4) is 22.8 Å². The van der Waals surface area contributed by atoms with Gasteiger partial charge in [-0.3, -0.25) is 19.3 Å². The molecule has 1 aliphatic rings. The molecule has 5 rings (SSSR count). The zero-order valence-corrected chi connectivity index (χ0v) is 21.6. The molecule has 1 aliphatic carbocycles. The van der Waals surface area contributed by atoms with E-state index in [4.69, 9.17) is 16.3 Å². The van der Waals surface area contributed by atoms with E-state index in [2.05, 4.69) is 19.9 Å². The van der Waals surface area contributed by atoms with E-state index >= 15 is 0 Å². The lowest BCUT2D eigenvalue weighted by Gasteiger charge is -2.18. The van der Waals surface area contributed by atoms with Crippen LogP contribution in [0, 0.1) is 18.6 Å². The maximum Gasteiger partial charge on any atom is 0.277 e. The van der Waals surface area contributed by atoms with Gasteiger partial charge in [0.05, 0.1) is 23.3 Å². The van der Waals surface area contributed by atoms with Gasteiger partial charge in [0.2, 0.25) is 0 Å². The third kappa shape index (κ3) is 5.14. The Hall–Kier alpha value is -3.76. The fraction of sp³-hybridized carbons (Fsp3) is 0.296. The molecule has 38 heavy (non-hydrogen) atoms. The number of aromatic nitrogens is 5. The summed E-state index contributed by atoms with van der Waals surface area (Å²) in [7, 11) is 0. The number of hydrogen-bond donors (Lipinski definition) is 1. The Labute approximate surface area is 222 Å². The lowest BCUT2D eigenvalue weighted by atomic mass is 10.1. The molecule has 0 atom stereocenters. The molecule has 0 unspecified atom stereocenters. The summed E-state index contributed by atoms with van der Waals surface area (Å²) >= 11 is 6.43. The van der Waals surface area contributed by atoms with E-state index in [-0.39, 0.29) is 34.8 Å². The molecule has 0 aliphatic heterocycles. The Morgan fingerprint density at radius 2 is 1.89 bits per heavy atom. The molecule has 4 heterocycles. The normalized spacial score (nSPS) is 13.6. The Kier molecular flexibility index (Phi) is 6.70. The molecule has 0 bridgehead atoms. The van der Waals surface area contributed by atoms with Gasteiger partial charge in [-0.25, -0.2) is 18.7 Å². The monoisotopic (exact) mass is 539 g/mol. The Bertz CT molecular complexity index is 1600. The number of aliphatic hydroxyl groups is 1. The van der Waals surface area contributed by atoms with Gasteiger partial charge in [-0.15, -0.1) is 0 Å². The van der Waals surface area contributed by atoms with E-state index in [1.807, 2.05) is 0 Å². The first-order valence-electron chi connectivity index (χ1n) is 11.9. The highest BCUT2D eigenvalue weighted by molar-refractivity contribution is 6.31. The number of halogens is 3. The third-order valence-electron chi connectivity index (χ3n) is 6.18. The van der Waals surface area contributed by atoms with Crippen molar-refractivity contribution in [2.45, 2.75) is 51.7 Å². The minimum atomic E-state index is -1.24. The van der Waals surface area contributed by atoms with Crippen LogP contribution < -0.4 is 10.3 Å². The first kappa shape index (κ1) is 25.9. The van der Waals surface area contributed by atoms with Crippen LogP contribution in [-0.4, -0.2) is 29.6 Å². The van der Waals surface area contributed by atoms with Crippen LogP contribution in [0.1, 0.15) is 55.4 Å². The molecule has 0 spiro atoms. The molecule has 4 aromatic heterocycles. The van der Waals surface area contributed by atoms with Crippen molar-refractivity contribution in [2.24, 2.45) is 0 Å². The number of ether oxygens (including phenoxy) is 1. The third-order valence-corrected chi connectivity index (χ3v) is 6.53. The lowest BCUT2D eigenvalue weighted by Crippen LogP contribution is -2.23. The van der Waals surface area contributed by atoms with Crippen LogP contribution in [0.3, 0.4) is 0 Å². The topological polar surface area (TPSA) is 103 Å². The summed E-state index contributed by atoms with van der Waals surface area (Å²) < 4.78 is 34.2. The highest BCUT2D eigenvalue weighted by atomic mass is 35.5. The summed E-state index contributed by atoms with van der Waals surface area (Å²) in [5.41, 5.74) is 1.16. The molecule has 11 heteroatoms. The van der Waals surface area contributed by atoms with Crippen LogP contribution >= 0.6 is 11.6 Å². The van der Waals surface area contributed by atoms with E-state index in [9.17, 15) is 18.7 Å². The van der Waals surface area contributed by atoms with E-state index < -0.39 is 22.8 Å². The summed E-state index contributed by atoms with van der Waals surface area (Å²) in [5.74, 6) is -1.10. The predicted octanol–water partition coefficient (Wildman–Crippen LogP) is 5.01. The molecule has 1 N–H and O–H groups in total. The van der Waals surface area contributed by atoms with Crippen LogP contribution in [0.25, 0.3) is 17.1 Å². The average molecular weight is 540 g/mol. The molecule has 0 amide bonds. The summed E-state index contributed by atoms with van der Waals surface area (Å²) in [6.45, 7) is 4.58. The Morgan fingerprint density at radius 3 is 2.58 bits per heavy atom. The number of rotatable bonds is 7. The minimum absolute atomic E-state index is 0.0591. The van der Waals surface area contributed by atoms with Gasteiger partial charge in [0.25, 0.3) is 5.56 Å². The van der Waals surface area contributed by atoms with Crippen molar-refractivity contribution in [1.29, 1.82) is 0 Å². The lowest BCUT2D eigenvalue weighted by molar-refractivity contribution is 0.0688. The van der Waals surface area contributed by atoms with E-state index in [0.717, 1.165) is 24.6 Å². The molecule has 0 aromatic carbocycles. The molecule has 0 saturated heterocycles. The zero-order valence-electron chi connectivity index (χ0n) is 20.9. The molecule has 8 nitrogen and oxygen atoms in total. The first-order valence-corrected chi connectivity index (χ1v) is 12.3. The summed E-state index contributed by atoms with van der Waals surface area (Å²) in [4.78, 5) is 30.4. The summed E-state index contributed by atoms with van der Waals surface area (Å²) in [6, 6.07) is 5.74. The molecular formula is C27H24ClF2N5O3. The standard InChI is InChI=1S/C27H24ClF2N5O3/c1-14-8-23(38-13-21-18(30)9-16(29)11-32-21)24(28)25(36)35(14)22-10-20(33-12-17(22)15-4-5-15)19-6-7-31-26(34-19)27(2,3)37/h6-12,15,37H,4-5,13H2,1-3H3. The van der Waals surface area contributed by atoms with Crippen molar-refractivity contribution in [2.75, 3.05) is 0 Å². The molecule has 196 valence electrons. The zero-order chi connectivity index (χ0) is 27.2. The number of aryl methyl sites for hydroxylation is 1. The first-order chi connectivity index (χ1) is 18.0. The van der Waals surface area contributed by atoms with E-state index in [0.29, 0.717) is 28.8 Å². The molecule has 1 fully saturated rings. The van der Waals surface area contributed by atoms with Crippen LogP contribution in [0.2, 0.25) is 5.02 Å². The maximum absolute atomic E-state index is 14.0.